The summed E-state index contributed by atoms with van der Waals surface area (Å²) in [4.78, 5) is 26.3. The predicted octanol–water partition coefficient (Wildman–Crippen LogP) is 4.45. The van der Waals surface area contributed by atoms with Gasteiger partial charge in [0, 0.05) is 35.7 Å². The number of aromatic nitrogens is 1. The van der Waals surface area contributed by atoms with Crippen LogP contribution in [0.25, 0.3) is 5.57 Å². The maximum Gasteiger partial charge on any atom is 0.270 e. The first-order valence-corrected chi connectivity index (χ1v) is 9.46. The number of amides is 1. The first-order chi connectivity index (χ1) is 13.3. The number of carbonyl (C=O) groups excluding carboxylic acids is 1. The summed E-state index contributed by atoms with van der Waals surface area (Å²) in [5, 5.41) is 0. The van der Waals surface area contributed by atoms with Crippen LogP contribution >= 0.6 is 0 Å². The molecule has 0 saturated heterocycles. The van der Waals surface area contributed by atoms with E-state index in [9.17, 15) is 18.4 Å². The molecule has 3 rings (SSSR count). The van der Waals surface area contributed by atoms with Crippen LogP contribution in [-0.4, -0.2) is 10.9 Å². The van der Waals surface area contributed by atoms with Gasteiger partial charge in [-0.3, -0.25) is 9.59 Å². The van der Waals surface area contributed by atoms with Gasteiger partial charge in [-0.05, 0) is 43.2 Å². The molecule has 1 fully saturated rings. The van der Waals surface area contributed by atoms with Crippen molar-refractivity contribution < 1.29 is 13.6 Å². The lowest BCUT2D eigenvalue weighted by molar-refractivity contribution is -0.118. The van der Waals surface area contributed by atoms with Crippen LogP contribution in [0.5, 0.6) is 0 Å². The number of aromatic amines is 1. The smallest absolute Gasteiger partial charge is 0.270 e. The number of benzene rings is 1. The lowest BCUT2D eigenvalue weighted by Gasteiger charge is -2.13. The average molecular weight is 386 g/mol. The SMILES string of the molecule is CC(F)(F)c1ccc(/C(=C/CCCC(N)=O)c2ccc(C3CC3)c(=O)[nH]2)cc1. The van der Waals surface area contributed by atoms with Gasteiger partial charge in [0.2, 0.25) is 5.91 Å². The second kappa shape index (κ2) is 8.09. The molecule has 0 radical (unpaired) electrons. The Morgan fingerprint density at radius 1 is 1.21 bits per heavy atom. The van der Waals surface area contributed by atoms with E-state index in [2.05, 4.69) is 4.98 Å². The molecule has 6 heteroatoms. The van der Waals surface area contributed by atoms with E-state index in [-0.39, 0.29) is 23.5 Å². The lowest BCUT2D eigenvalue weighted by atomic mass is 9.97. The number of hydrogen-bond acceptors (Lipinski definition) is 2. The first kappa shape index (κ1) is 20.0. The third kappa shape index (κ3) is 4.94. The van der Waals surface area contributed by atoms with Crippen molar-refractivity contribution in [1.29, 1.82) is 0 Å². The fourth-order valence-electron chi connectivity index (χ4n) is 3.21. The Kier molecular flexibility index (Phi) is 5.77. The number of unbranched alkanes of at least 4 members (excludes halogenated alkanes) is 1. The number of alkyl halides is 2. The molecule has 1 aromatic carbocycles. The van der Waals surface area contributed by atoms with Gasteiger partial charge in [0.1, 0.15) is 0 Å². The third-order valence-electron chi connectivity index (χ3n) is 4.93. The molecule has 0 spiro atoms. The van der Waals surface area contributed by atoms with Crippen LogP contribution in [0.4, 0.5) is 8.78 Å². The Hall–Kier alpha value is -2.76. The van der Waals surface area contributed by atoms with Crippen LogP contribution < -0.4 is 11.3 Å². The van der Waals surface area contributed by atoms with Crippen molar-refractivity contribution in [3.63, 3.8) is 0 Å². The fraction of sp³-hybridized carbons (Fsp3) is 0.364. The molecule has 0 aliphatic heterocycles. The summed E-state index contributed by atoms with van der Waals surface area (Å²) in [6.45, 7) is 0.858. The van der Waals surface area contributed by atoms with Crippen molar-refractivity contribution in [3.8, 4) is 0 Å². The lowest BCUT2D eigenvalue weighted by Crippen LogP contribution is -2.13. The second-order valence-electron chi connectivity index (χ2n) is 7.37. The van der Waals surface area contributed by atoms with Crippen LogP contribution in [0.3, 0.4) is 0 Å². The Balaban J connectivity index is 1.93. The van der Waals surface area contributed by atoms with E-state index in [0.29, 0.717) is 24.5 Å². The van der Waals surface area contributed by atoms with Crippen molar-refractivity contribution >= 4 is 11.5 Å². The van der Waals surface area contributed by atoms with Crippen LogP contribution in [-0.2, 0) is 10.7 Å². The van der Waals surface area contributed by atoms with Crippen LogP contribution in [0.2, 0.25) is 0 Å². The number of primary amides is 1. The molecule has 1 aliphatic rings. The Morgan fingerprint density at radius 3 is 2.43 bits per heavy atom. The van der Waals surface area contributed by atoms with Crippen LogP contribution in [0.15, 0.2) is 47.3 Å². The van der Waals surface area contributed by atoms with Gasteiger partial charge in [0.25, 0.3) is 11.5 Å². The molecule has 2 aromatic rings. The number of carbonyl (C=O) groups is 1. The van der Waals surface area contributed by atoms with Crippen molar-refractivity contribution in [2.24, 2.45) is 5.73 Å². The van der Waals surface area contributed by atoms with Crippen molar-refractivity contribution in [2.75, 3.05) is 0 Å². The number of H-pyrrole nitrogens is 1. The maximum absolute atomic E-state index is 13.5. The van der Waals surface area contributed by atoms with Gasteiger partial charge in [0.15, 0.2) is 0 Å². The summed E-state index contributed by atoms with van der Waals surface area (Å²) >= 11 is 0. The largest absolute Gasteiger partial charge is 0.370 e. The highest BCUT2D eigenvalue weighted by Crippen LogP contribution is 2.38. The number of pyridine rings is 1. The molecule has 1 aliphatic carbocycles. The van der Waals surface area contributed by atoms with E-state index in [0.717, 1.165) is 36.5 Å². The average Bonchev–Trinajstić information content (AvgIpc) is 3.46. The highest BCUT2D eigenvalue weighted by molar-refractivity contribution is 5.78. The standard InChI is InChI=1S/C22H24F2N2O2/c1-22(23,24)16-10-8-14(9-11-16)17(4-2-3-5-20(25)27)19-13-12-18(15-6-7-15)21(28)26-19/h4,8-13,15H,2-3,5-7H2,1H3,(H2,25,27)(H,26,28)/b17-4-. The molecule has 28 heavy (non-hydrogen) atoms. The summed E-state index contributed by atoms with van der Waals surface area (Å²) in [5.74, 6) is -2.94. The van der Waals surface area contributed by atoms with Crippen molar-refractivity contribution in [2.45, 2.75) is 50.9 Å². The highest BCUT2D eigenvalue weighted by Gasteiger charge is 2.26. The van der Waals surface area contributed by atoms with Crippen LogP contribution in [0.1, 0.15) is 67.3 Å². The van der Waals surface area contributed by atoms with Gasteiger partial charge < -0.3 is 10.7 Å². The van der Waals surface area contributed by atoms with E-state index in [1.165, 1.54) is 12.1 Å². The van der Waals surface area contributed by atoms with Gasteiger partial charge >= 0.3 is 0 Å². The van der Waals surface area contributed by atoms with Gasteiger partial charge in [-0.15, -0.1) is 0 Å². The summed E-state index contributed by atoms with van der Waals surface area (Å²) in [5.41, 5.74) is 7.89. The molecular weight excluding hydrogens is 362 g/mol. The molecule has 0 atom stereocenters. The molecule has 1 amide bonds. The second-order valence-corrected chi connectivity index (χ2v) is 7.37. The minimum absolute atomic E-state index is 0.0677. The summed E-state index contributed by atoms with van der Waals surface area (Å²) in [6, 6.07) is 9.74. The monoisotopic (exact) mass is 386 g/mol. The number of halogens is 2. The van der Waals surface area contributed by atoms with E-state index >= 15 is 0 Å². The molecule has 148 valence electrons. The molecule has 1 heterocycles. The van der Waals surface area contributed by atoms with Crippen LogP contribution in [0, 0.1) is 0 Å². The van der Waals surface area contributed by atoms with E-state index in [4.69, 9.17) is 5.73 Å². The summed E-state index contributed by atoms with van der Waals surface area (Å²) in [7, 11) is 0. The van der Waals surface area contributed by atoms with Crippen molar-refractivity contribution in [3.05, 3.63) is 75.2 Å². The van der Waals surface area contributed by atoms with Gasteiger partial charge in [-0.1, -0.05) is 36.4 Å². The van der Waals surface area contributed by atoms with Gasteiger partial charge in [-0.25, -0.2) is 8.78 Å². The molecule has 0 unspecified atom stereocenters. The van der Waals surface area contributed by atoms with Crippen molar-refractivity contribution in [1.82, 2.24) is 4.98 Å². The normalized spacial score (nSPS) is 14.9. The van der Waals surface area contributed by atoms with E-state index < -0.39 is 5.92 Å². The Morgan fingerprint density at radius 2 is 1.89 bits per heavy atom. The number of allylic oxidation sites excluding steroid dienone is 1. The van der Waals surface area contributed by atoms with Gasteiger partial charge in [-0.2, -0.15) is 0 Å². The minimum Gasteiger partial charge on any atom is -0.370 e. The highest BCUT2D eigenvalue weighted by atomic mass is 19.3. The molecule has 4 nitrogen and oxygen atoms in total. The molecule has 0 bridgehead atoms. The maximum atomic E-state index is 13.5. The zero-order valence-electron chi connectivity index (χ0n) is 15.8. The zero-order chi connectivity index (χ0) is 20.3. The molecule has 1 saturated carbocycles. The number of nitrogens with two attached hydrogens (primary N) is 1. The zero-order valence-corrected chi connectivity index (χ0v) is 15.8. The quantitative estimate of drug-likeness (QED) is 0.658. The fourth-order valence-corrected chi connectivity index (χ4v) is 3.21. The van der Waals surface area contributed by atoms with E-state index in [1.54, 1.807) is 12.1 Å². The minimum atomic E-state index is -2.91. The molecule has 3 N–H and O–H groups in total. The Bertz CT molecular complexity index is 936. The predicted molar refractivity (Wildman–Crippen MR) is 105 cm³/mol. The van der Waals surface area contributed by atoms with Gasteiger partial charge in [0.05, 0.1) is 0 Å². The summed E-state index contributed by atoms with van der Waals surface area (Å²) < 4.78 is 27.0. The number of nitrogens with one attached hydrogen (secondary N) is 1. The Labute approximate surface area is 162 Å². The number of rotatable bonds is 8. The van der Waals surface area contributed by atoms with E-state index in [1.807, 2.05) is 18.2 Å². The number of hydrogen-bond donors (Lipinski definition) is 2. The first-order valence-electron chi connectivity index (χ1n) is 9.46. The molecular formula is C22H24F2N2O2. The molecule has 1 aromatic heterocycles. The third-order valence-corrected chi connectivity index (χ3v) is 4.93. The summed E-state index contributed by atoms with van der Waals surface area (Å²) in [6.07, 6.45) is 5.40. The topological polar surface area (TPSA) is 76.0 Å².